The Bertz CT molecular complexity index is 818. The lowest BCUT2D eigenvalue weighted by atomic mass is 10.0. The molecule has 30 heavy (non-hydrogen) atoms. The first-order chi connectivity index (χ1) is 14.6. The molecule has 1 saturated heterocycles. The number of ether oxygens (including phenoxy) is 4. The first-order valence-corrected chi connectivity index (χ1v) is 9.88. The second-order valence-corrected chi connectivity index (χ2v) is 6.91. The molecular formula is C21H29N5O4. The molecule has 1 aromatic carbocycles. The number of piperidine rings is 1. The summed E-state index contributed by atoms with van der Waals surface area (Å²) in [5.41, 5.74) is 1.19. The van der Waals surface area contributed by atoms with E-state index in [1.54, 1.807) is 13.2 Å². The number of nitrogens with zero attached hydrogens (tertiary/aromatic N) is 4. The number of aromatic nitrogens is 3. The zero-order chi connectivity index (χ0) is 21.3. The van der Waals surface area contributed by atoms with Crippen LogP contribution >= 0.6 is 0 Å². The van der Waals surface area contributed by atoms with Crippen molar-refractivity contribution in [3.63, 3.8) is 0 Å². The third kappa shape index (κ3) is 5.73. The standard InChI is InChI=1S/C21H29N5O4/c1-5-12-30-18-13-15(6-7-17(18)27-2)14-26-10-8-16(9-11-26)22-19-23-20(28-3)25-21(24-19)29-4/h5-7,13,16H,1,8-12,14H2,2-4H3,(H,22,23,24,25). The lowest BCUT2D eigenvalue weighted by molar-refractivity contribution is 0.210. The molecule has 3 rings (SSSR count). The highest BCUT2D eigenvalue weighted by molar-refractivity contribution is 5.43. The van der Waals surface area contributed by atoms with E-state index in [1.807, 2.05) is 12.1 Å². The summed E-state index contributed by atoms with van der Waals surface area (Å²) in [5, 5.41) is 3.37. The Labute approximate surface area is 177 Å². The highest BCUT2D eigenvalue weighted by Gasteiger charge is 2.21. The highest BCUT2D eigenvalue weighted by Crippen LogP contribution is 2.29. The molecule has 9 heteroatoms. The average Bonchev–Trinajstić information content (AvgIpc) is 2.78. The second kappa shape index (κ2) is 10.6. The van der Waals surface area contributed by atoms with E-state index < -0.39 is 0 Å². The molecule has 0 atom stereocenters. The zero-order valence-electron chi connectivity index (χ0n) is 17.8. The molecule has 162 valence electrons. The fraction of sp³-hybridized carbons (Fsp3) is 0.476. The summed E-state index contributed by atoms with van der Waals surface area (Å²) < 4.78 is 21.3. The summed E-state index contributed by atoms with van der Waals surface area (Å²) in [7, 11) is 4.68. The molecule has 1 aromatic heterocycles. The number of anilines is 1. The van der Waals surface area contributed by atoms with Gasteiger partial charge in [-0.3, -0.25) is 4.90 Å². The smallest absolute Gasteiger partial charge is 0.324 e. The van der Waals surface area contributed by atoms with Crippen LogP contribution in [0.2, 0.25) is 0 Å². The summed E-state index contributed by atoms with van der Waals surface area (Å²) in [6.07, 6.45) is 3.68. The van der Waals surface area contributed by atoms with E-state index in [2.05, 4.69) is 37.8 Å². The van der Waals surface area contributed by atoms with Crippen LogP contribution in [0.1, 0.15) is 18.4 Å². The molecule has 2 aromatic rings. The van der Waals surface area contributed by atoms with Gasteiger partial charge in [0, 0.05) is 25.7 Å². The van der Waals surface area contributed by atoms with Gasteiger partial charge in [0.05, 0.1) is 21.3 Å². The van der Waals surface area contributed by atoms with Crippen LogP contribution < -0.4 is 24.3 Å². The van der Waals surface area contributed by atoms with Crippen molar-refractivity contribution in [1.29, 1.82) is 0 Å². The maximum atomic E-state index is 5.72. The lowest BCUT2D eigenvalue weighted by Gasteiger charge is -2.32. The second-order valence-electron chi connectivity index (χ2n) is 6.91. The summed E-state index contributed by atoms with van der Waals surface area (Å²) in [4.78, 5) is 14.9. The van der Waals surface area contributed by atoms with E-state index in [-0.39, 0.29) is 18.1 Å². The van der Waals surface area contributed by atoms with E-state index in [9.17, 15) is 0 Å². The summed E-state index contributed by atoms with van der Waals surface area (Å²) in [6.45, 7) is 6.93. The predicted molar refractivity (Wildman–Crippen MR) is 114 cm³/mol. The highest BCUT2D eigenvalue weighted by atomic mass is 16.5. The van der Waals surface area contributed by atoms with Crippen LogP contribution in [0.15, 0.2) is 30.9 Å². The van der Waals surface area contributed by atoms with Crippen LogP contribution in [0, 0.1) is 0 Å². The number of benzene rings is 1. The van der Waals surface area contributed by atoms with Gasteiger partial charge in [-0.25, -0.2) is 0 Å². The molecule has 2 heterocycles. The molecule has 1 fully saturated rings. The number of methoxy groups -OCH3 is 3. The first kappa shape index (κ1) is 21.6. The van der Waals surface area contributed by atoms with Crippen LogP contribution in [-0.2, 0) is 6.54 Å². The van der Waals surface area contributed by atoms with E-state index in [1.165, 1.54) is 19.8 Å². The van der Waals surface area contributed by atoms with Gasteiger partial charge in [-0.1, -0.05) is 18.7 Å². The predicted octanol–water partition coefficient (Wildman–Crippen LogP) is 2.54. The summed E-state index contributed by atoms with van der Waals surface area (Å²) in [5.74, 6) is 1.94. The van der Waals surface area contributed by atoms with E-state index in [4.69, 9.17) is 18.9 Å². The van der Waals surface area contributed by atoms with Crippen molar-refractivity contribution in [2.24, 2.45) is 0 Å². The monoisotopic (exact) mass is 415 g/mol. The maximum Gasteiger partial charge on any atom is 0.324 e. The number of likely N-dealkylation sites (tertiary alicyclic amines) is 1. The van der Waals surface area contributed by atoms with Crippen LogP contribution in [-0.4, -0.2) is 66.9 Å². The van der Waals surface area contributed by atoms with E-state index in [0.717, 1.165) is 44.0 Å². The average molecular weight is 415 g/mol. The Kier molecular flexibility index (Phi) is 7.67. The van der Waals surface area contributed by atoms with E-state index in [0.29, 0.717) is 12.6 Å². The van der Waals surface area contributed by atoms with Crippen LogP contribution in [0.25, 0.3) is 0 Å². The Hall–Kier alpha value is -3.07. The van der Waals surface area contributed by atoms with Gasteiger partial charge < -0.3 is 24.3 Å². The SMILES string of the molecule is C=CCOc1cc(CN2CCC(Nc3nc(OC)nc(OC)n3)CC2)ccc1OC. The summed E-state index contributed by atoms with van der Waals surface area (Å²) >= 11 is 0. The fourth-order valence-corrected chi connectivity index (χ4v) is 3.34. The number of nitrogens with one attached hydrogen (secondary N) is 1. The van der Waals surface area contributed by atoms with Crippen molar-refractivity contribution >= 4 is 5.95 Å². The third-order valence-corrected chi connectivity index (χ3v) is 4.87. The summed E-state index contributed by atoms with van der Waals surface area (Å²) in [6, 6.07) is 6.81. The molecule has 1 aliphatic heterocycles. The quantitative estimate of drug-likeness (QED) is 0.588. The van der Waals surface area contributed by atoms with Gasteiger partial charge in [-0.2, -0.15) is 9.97 Å². The molecule has 0 radical (unpaired) electrons. The van der Waals surface area contributed by atoms with Gasteiger partial charge in [0.1, 0.15) is 6.61 Å². The van der Waals surface area contributed by atoms with Crippen molar-refractivity contribution in [3.05, 3.63) is 36.4 Å². The van der Waals surface area contributed by atoms with E-state index >= 15 is 0 Å². The molecular weight excluding hydrogens is 386 g/mol. The van der Waals surface area contributed by atoms with Gasteiger partial charge in [-0.15, -0.1) is 4.98 Å². The van der Waals surface area contributed by atoms with Crippen molar-refractivity contribution in [1.82, 2.24) is 19.9 Å². The van der Waals surface area contributed by atoms with Crippen LogP contribution in [0.4, 0.5) is 5.95 Å². The molecule has 0 saturated carbocycles. The molecule has 0 aliphatic carbocycles. The minimum absolute atomic E-state index is 0.232. The zero-order valence-corrected chi connectivity index (χ0v) is 17.8. The van der Waals surface area contributed by atoms with Crippen molar-refractivity contribution < 1.29 is 18.9 Å². The molecule has 1 N–H and O–H groups in total. The molecule has 1 aliphatic rings. The Morgan fingerprint density at radius 1 is 1.03 bits per heavy atom. The third-order valence-electron chi connectivity index (χ3n) is 4.87. The minimum Gasteiger partial charge on any atom is -0.493 e. The largest absolute Gasteiger partial charge is 0.493 e. The minimum atomic E-state index is 0.232. The number of hydrogen-bond acceptors (Lipinski definition) is 9. The Balaban J connectivity index is 1.55. The van der Waals surface area contributed by atoms with Gasteiger partial charge in [0.25, 0.3) is 0 Å². The first-order valence-electron chi connectivity index (χ1n) is 9.88. The molecule has 0 amide bonds. The van der Waals surface area contributed by atoms with Crippen molar-refractivity contribution in [3.8, 4) is 23.5 Å². The fourth-order valence-electron chi connectivity index (χ4n) is 3.34. The number of hydrogen-bond donors (Lipinski definition) is 1. The van der Waals surface area contributed by atoms with Crippen LogP contribution in [0.5, 0.6) is 23.5 Å². The van der Waals surface area contributed by atoms with Gasteiger partial charge in [0.2, 0.25) is 5.95 Å². The number of rotatable bonds is 10. The van der Waals surface area contributed by atoms with Crippen LogP contribution in [0.3, 0.4) is 0 Å². The normalized spacial score (nSPS) is 14.8. The lowest BCUT2D eigenvalue weighted by Crippen LogP contribution is -2.39. The topological polar surface area (TPSA) is 90.9 Å². The Morgan fingerprint density at radius 2 is 1.73 bits per heavy atom. The molecule has 0 unspecified atom stereocenters. The van der Waals surface area contributed by atoms with Gasteiger partial charge in [0.15, 0.2) is 11.5 Å². The molecule has 9 nitrogen and oxygen atoms in total. The van der Waals surface area contributed by atoms with Crippen molar-refractivity contribution in [2.75, 3.05) is 46.3 Å². The maximum absolute atomic E-state index is 5.72. The molecule has 0 bridgehead atoms. The Morgan fingerprint density at radius 3 is 2.33 bits per heavy atom. The van der Waals surface area contributed by atoms with Gasteiger partial charge >= 0.3 is 12.0 Å². The van der Waals surface area contributed by atoms with Gasteiger partial charge in [-0.05, 0) is 30.5 Å². The van der Waals surface area contributed by atoms with Crippen molar-refractivity contribution in [2.45, 2.75) is 25.4 Å². The molecule has 0 spiro atoms.